The van der Waals surface area contributed by atoms with Gasteiger partial charge < -0.3 is 0 Å². The second-order valence-corrected chi connectivity index (χ2v) is 2.74. The molecule has 0 aliphatic rings. The topological polar surface area (TPSA) is 38.8 Å². The largest absolute Gasteiger partial charge is 0.335 e. The van der Waals surface area contributed by atoms with Crippen LogP contribution in [0.3, 0.4) is 0 Å². The van der Waals surface area contributed by atoms with Crippen molar-refractivity contribution in [1.29, 1.82) is 0 Å². The van der Waals surface area contributed by atoms with E-state index in [-0.39, 0.29) is 11.8 Å². The fraction of sp³-hybridized carbons (Fsp3) is 0.571. The predicted molar refractivity (Wildman–Crippen MR) is 38.9 cm³/mol. The average Bonchev–Trinajstić information content (AvgIpc) is 2.33. The predicted octanol–water partition coefficient (Wildman–Crippen LogP) is 0.00380. The van der Waals surface area contributed by atoms with Crippen LogP contribution < -0.4 is 4.68 Å². The van der Waals surface area contributed by atoms with Crippen LogP contribution in [0, 0.1) is 5.92 Å². The third-order valence-corrected chi connectivity index (χ3v) is 1.47. The molecule has 1 aromatic rings. The standard InChI is InChI=1S/C7H12N3O/c1-6(2)7(11)10-5-4-8-9(10)3/h4-6H,1-3H3/q+1. The molecule has 0 aliphatic heterocycles. The first-order valence-corrected chi connectivity index (χ1v) is 3.57. The molecule has 0 fully saturated rings. The summed E-state index contributed by atoms with van der Waals surface area (Å²) in [7, 11) is 1.74. The van der Waals surface area contributed by atoms with E-state index in [0.717, 1.165) is 0 Å². The Balaban J connectivity index is 2.93. The lowest BCUT2D eigenvalue weighted by Gasteiger charge is -1.98. The van der Waals surface area contributed by atoms with Crippen molar-refractivity contribution >= 4 is 5.91 Å². The number of aryl methyl sites for hydroxylation is 1. The molecule has 0 unspecified atom stereocenters. The summed E-state index contributed by atoms with van der Waals surface area (Å²) in [5.74, 6) is 0.0698. The van der Waals surface area contributed by atoms with Crippen molar-refractivity contribution in [2.45, 2.75) is 13.8 Å². The van der Waals surface area contributed by atoms with Gasteiger partial charge in [-0.1, -0.05) is 18.5 Å². The van der Waals surface area contributed by atoms with E-state index in [4.69, 9.17) is 0 Å². The number of hydrogen-bond donors (Lipinski definition) is 0. The van der Waals surface area contributed by atoms with E-state index >= 15 is 0 Å². The fourth-order valence-electron chi connectivity index (χ4n) is 0.822. The van der Waals surface area contributed by atoms with Crippen molar-refractivity contribution < 1.29 is 9.48 Å². The summed E-state index contributed by atoms with van der Waals surface area (Å²) in [6.45, 7) is 3.73. The zero-order chi connectivity index (χ0) is 8.43. The van der Waals surface area contributed by atoms with E-state index in [2.05, 4.69) is 5.10 Å². The maximum Gasteiger partial charge on any atom is 0.335 e. The number of nitrogens with zero attached hydrogens (tertiary/aromatic N) is 3. The molecule has 0 saturated heterocycles. The first kappa shape index (κ1) is 7.91. The van der Waals surface area contributed by atoms with E-state index in [1.807, 2.05) is 13.8 Å². The Morgan fingerprint density at radius 3 is 2.64 bits per heavy atom. The lowest BCUT2D eigenvalue weighted by Crippen LogP contribution is -2.51. The van der Waals surface area contributed by atoms with Gasteiger partial charge in [-0.25, -0.2) is 4.79 Å². The Labute approximate surface area is 65.4 Å². The highest BCUT2D eigenvalue weighted by molar-refractivity contribution is 5.68. The molecule has 0 aromatic carbocycles. The van der Waals surface area contributed by atoms with Crippen LogP contribution in [0.2, 0.25) is 0 Å². The normalized spacial score (nSPS) is 10.5. The summed E-state index contributed by atoms with van der Waals surface area (Å²) in [4.78, 5) is 12.8. The molecule has 11 heavy (non-hydrogen) atoms. The van der Waals surface area contributed by atoms with E-state index in [0.29, 0.717) is 0 Å². The van der Waals surface area contributed by atoms with Gasteiger partial charge >= 0.3 is 5.91 Å². The molecular weight excluding hydrogens is 142 g/mol. The summed E-state index contributed by atoms with van der Waals surface area (Å²) in [6, 6.07) is 0. The summed E-state index contributed by atoms with van der Waals surface area (Å²) in [5, 5.41) is 3.88. The molecule has 0 saturated carbocycles. The molecule has 4 nitrogen and oxygen atoms in total. The van der Waals surface area contributed by atoms with Crippen molar-refractivity contribution in [2.24, 2.45) is 13.0 Å². The summed E-state index contributed by atoms with van der Waals surface area (Å²) in [6.07, 6.45) is 3.25. The zero-order valence-corrected chi connectivity index (χ0v) is 6.98. The van der Waals surface area contributed by atoms with Crippen molar-refractivity contribution in [1.82, 2.24) is 9.90 Å². The summed E-state index contributed by atoms with van der Waals surface area (Å²) < 4.78 is 1.49. The first-order chi connectivity index (χ1) is 5.13. The average molecular weight is 154 g/mol. The van der Waals surface area contributed by atoms with E-state index < -0.39 is 0 Å². The molecule has 0 amide bonds. The molecular formula is C7H12N3O+. The minimum Gasteiger partial charge on any atom is -0.244 e. The highest BCUT2D eigenvalue weighted by atomic mass is 16.2. The van der Waals surface area contributed by atoms with Crippen LogP contribution in [-0.2, 0) is 7.05 Å². The van der Waals surface area contributed by atoms with Gasteiger partial charge in [0.25, 0.3) is 0 Å². The van der Waals surface area contributed by atoms with Crippen LogP contribution in [0.1, 0.15) is 18.6 Å². The van der Waals surface area contributed by atoms with Crippen molar-refractivity contribution in [3.63, 3.8) is 0 Å². The van der Waals surface area contributed by atoms with Gasteiger partial charge in [0.1, 0.15) is 0 Å². The zero-order valence-electron chi connectivity index (χ0n) is 6.98. The smallest absolute Gasteiger partial charge is 0.244 e. The summed E-state index contributed by atoms with van der Waals surface area (Å²) >= 11 is 0. The van der Waals surface area contributed by atoms with Crippen LogP contribution in [0.25, 0.3) is 0 Å². The number of aromatic nitrogens is 3. The SMILES string of the molecule is CC(C)C(=O)[n+]1ccnn1C. The molecule has 0 N–H and O–H groups in total. The van der Waals surface area contributed by atoms with Gasteiger partial charge in [-0.05, 0) is 4.80 Å². The highest BCUT2D eigenvalue weighted by Crippen LogP contribution is 1.90. The van der Waals surface area contributed by atoms with E-state index in [9.17, 15) is 4.79 Å². The van der Waals surface area contributed by atoms with Crippen LogP contribution >= 0.6 is 0 Å². The van der Waals surface area contributed by atoms with Gasteiger partial charge in [0.2, 0.25) is 6.20 Å². The van der Waals surface area contributed by atoms with Gasteiger partial charge in [-0.3, -0.25) is 0 Å². The number of hydrogen-bond acceptors (Lipinski definition) is 2. The maximum atomic E-state index is 11.3. The fourth-order valence-corrected chi connectivity index (χ4v) is 0.822. The van der Waals surface area contributed by atoms with Crippen LogP contribution in [0.4, 0.5) is 0 Å². The van der Waals surface area contributed by atoms with Gasteiger partial charge in [0, 0.05) is 5.10 Å². The lowest BCUT2D eigenvalue weighted by molar-refractivity contribution is -0.668. The minimum absolute atomic E-state index is 0.00963. The minimum atomic E-state index is 0.00963. The third-order valence-electron chi connectivity index (χ3n) is 1.47. The quantitative estimate of drug-likeness (QED) is 0.534. The second-order valence-electron chi connectivity index (χ2n) is 2.74. The van der Waals surface area contributed by atoms with Crippen molar-refractivity contribution in [3.8, 4) is 0 Å². The molecule has 0 spiro atoms. The molecule has 1 heterocycles. The molecule has 0 bridgehead atoms. The number of rotatable bonds is 1. The van der Waals surface area contributed by atoms with Gasteiger partial charge in [0.15, 0.2) is 6.20 Å². The second kappa shape index (κ2) is 2.82. The first-order valence-electron chi connectivity index (χ1n) is 3.57. The number of carbonyl (C=O) groups is 1. The number of carbonyl (C=O) groups excluding carboxylic acids is 1. The van der Waals surface area contributed by atoms with E-state index in [1.54, 1.807) is 19.4 Å². The monoisotopic (exact) mass is 154 g/mol. The highest BCUT2D eigenvalue weighted by Gasteiger charge is 2.18. The third kappa shape index (κ3) is 1.45. The molecule has 60 valence electrons. The van der Waals surface area contributed by atoms with Crippen LogP contribution in [0.5, 0.6) is 0 Å². The molecule has 0 aliphatic carbocycles. The maximum absolute atomic E-state index is 11.3. The molecule has 0 radical (unpaired) electrons. The van der Waals surface area contributed by atoms with Crippen molar-refractivity contribution in [3.05, 3.63) is 12.4 Å². The molecule has 4 heteroatoms. The Hall–Kier alpha value is -1.19. The van der Waals surface area contributed by atoms with Gasteiger partial charge in [-0.15, -0.1) is 0 Å². The van der Waals surface area contributed by atoms with Crippen molar-refractivity contribution in [2.75, 3.05) is 0 Å². The molecule has 1 rings (SSSR count). The summed E-state index contributed by atoms with van der Waals surface area (Å²) in [5.41, 5.74) is 0. The van der Waals surface area contributed by atoms with Crippen LogP contribution in [-0.4, -0.2) is 15.8 Å². The molecule has 0 atom stereocenters. The van der Waals surface area contributed by atoms with Crippen LogP contribution in [0.15, 0.2) is 12.4 Å². The Kier molecular flexibility index (Phi) is 2.03. The van der Waals surface area contributed by atoms with Gasteiger partial charge in [0.05, 0.1) is 13.0 Å². The lowest BCUT2D eigenvalue weighted by atomic mass is 10.2. The Morgan fingerprint density at radius 1 is 1.64 bits per heavy atom. The van der Waals surface area contributed by atoms with Gasteiger partial charge in [-0.2, -0.15) is 0 Å². The van der Waals surface area contributed by atoms with E-state index in [1.165, 1.54) is 9.48 Å². The molecule has 1 aromatic heterocycles. The Bertz CT molecular complexity index is 264. The Morgan fingerprint density at radius 2 is 2.27 bits per heavy atom.